The number of hydrogen-bond donors (Lipinski definition) is 3. The van der Waals surface area contributed by atoms with Gasteiger partial charge in [-0.05, 0) is 37.0 Å². The molecule has 9 heteroatoms. The van der Waals surface area contributed by atoms with Gasteiger partial charge in [0.25, 0.3) is 0 Å². The summed E-state index contributed by atoms with van der Waals surface area (Å²) in [4.78, 5) is 49.0. The van der Waals surface area contributed by atoms with Crippen LogP contribution in [-0.4, -0.2) is 35.5 Å². The van der Waals surface area contributed by atoms with Crippen molar-refractivity contribution in [3.63, 3.8) is 0 Å². The minimum Gasteiger partial charge on any atom is -0.480 e. The van der Waals surface area contributed by atoms with Gasteiger partial charge in [0.15, 0.2) is 0 Å². The molecule has 0 saturated carbocycles. The van der Waals surface area contributed by atoms with Crippen LogP contribution in [0.25, 0.3) is 33.1 Å². The highest BCUT2D eigenvalue weighted by molar-refractivity contribution is 6.02. The maximum absolute atomic E-state index is 12.7. The fourth-order valence-corrected chi connectivity index (χ4v) is 4.38. The molecule has 3 N–H and O–H groups in total. The quantitative estimate of drug-likeness (QED) is 0.284. The van der Waals surface area contributed by atoms with Crippen molar-refractivity contribution in [2.45, 2.75) is 46.6 Å². The van der Waals surface area contributed by atoms with E-state index in [2.05, 4.69) is 10.6 Å². The van der Waals surface area contributed by atoms with E-state index in [-0.39, 0.29) is 17.9 Å². The van der Waals surface area contributed by atoms with Crippen LogP contribution < -0.4 is 16.3 Å². The number of nitrogens with one attached hydrogen (secondary N) is 2. The average molecular weight is 519 g/mol. The number of aryl methyl sites for hydroxylation is 2. The van der Waals surface area contributed by atoms with Gasteiger partial charge in [-0.15, -0.1) is 0 Å². The van der Waals surface area contributed by atoms with Crippen molar-refractivity contribution in [2.75, 3.05) is 6.54 Å². The predicted molar refractivity (Wildman–Crippen MR) is 143 cm³/mol. The molecule has 0 aliphatic carbocycles. The number of carbonyl (C=O) groups is 3. The van der Waals surface area contributed by atoms with E-state index in [1.807, 2.05) is 44.2 Å². The molecule has 0 aliphatic heterocycles. The molecular weight excluding hydrogens is 488 g/mol. The van der Waals surface area contributed by atoms with Crippen LogP contribution in [0.5, 0.6) is 0 Å². The summed E-state index contributed by atoms with van der Waals surface area (Å²) in [5.41, 5.74) is 4.07. The highest BCUT2D eigenvalue weighted by Gasteiger charge is 2.25. The summed E-state index contributed by atoms with van der Waals surface area (Å²) in [7, 11) is 0. The molecule has 0 fully saturated rings. The third kappa shape index (κ3) is 5.46. The lowest BCUT2D eigenvalue weighted by Gasteiger charge is -2.20. The Morgan fingerprint density at radius 3 is 2.37 bits per heavy atom. The molecule has 38 heavy (non-hydrogen) atoms. The van der Waals surface area contributed by atoms with E-state index in [0.717, 1.165) is 22.1 Å². The molecule has 0 saturated heterocycles. The monoisotopic (exact) mass is 518 g/mol. The van der Waals surface area contributed by atoms with Gasteiger partial charge < -0.3 is 24.6 Å². The van der Waals surface area contributed by atoms with E-state index in [4.69, 9.17) is 8.83 Å². The van der Waals surface area contributed by atoms with Crippen LogP contribution in [0.1, 0.15) is 37.0 Å². The van der Waals surface area contributed by atoms with Crippen LogP contribution in [0.3, 0.4) is 0 Å². The Morgan fingerprint density at radius 1 is 1.00 bits per heavy atom. The van der Waals surface area contributed by atoms with Gasteiger partial charge in [-0.3, -0.25) is 9.59 Å². The van der Waals surface area contributed by atoms with Crippen molar-refractivity contribution in [1.29, 1.82) is 0 Å². The lowest BCUT2D eigenvalue weighted by Crippen LogP contribution is -2.48. The van der Waals surface area contributed by atoms with Crippen molar-refractivity contribution in [3.05, 3.63) is 69.8 Å². The van der Waals surface area contributed by atoms with Crippen molar-refractivity contribution < 1.29 is 28.3 Å². The SMILES string of the molecule is CC[C@@H](C)[C@@H](NC(=O)CNC(=O)Cc1c(C)c2cc3c(-c4ccc(C)cc4)coc3cc2oc1=O)C(=O)O. The number of rotatable bonds is 9. The first-order valence-electron chi connectivity index (χ1n) is 12.4. The number of amides is 2. The second kappa shape index (κ2) is 10.9. The summed E-state index contributed by atoms with van der Waals surface area (Å²) in [6.07, 6.45) is 1.94. The van der Waals surface area contributed by atoms with Gasteiger partial charge in [-0.2, -0.15) is 0 Å². The Bertz CT molecular complexity index is 1580. The van der Waals surface area contributed by atoms with E-state index < -0.39 is 36.0 Å². The standard InChI is InChI=1S/C29H30N2O7/c1-5-16(3)27(28(34)35)31-26(33)13-30-25(32)11-20-17(4)19-10-21-22(18-8-6-15(2)7-9-18)14-37-23(21)12-24(19)38-29(20)36/h6-10,12,14,16,27H,5,11,13H2,1-4H3,(H,30,32)(H,31,33)(H,34,35)/t16-,27-/m1/s1. The third-order valence-electron chi connectivity index (χ3n) is 6.92. The highest BCUT2D eigenvalue weighted by atomic mass is 16.4. The smallest absolute Gasteiger partial charge is 0.340 e. The third-order valence-corrected chi connectivity index (χ3v) is 6.92. The summed E-state index contributed by atoms with van der Waals surface area (Å²) in [6.45, 7) is 6.90. The van der Waals surface area contributed by atoms with Crippen LogP contribution in [0.2, 0.25) is 0 Å². The molecule has 0 radical (unpaired) electrons. The fourth-order valence-electron chi connectivity index (χ4n) is 4.38. The second-order valence-corrected chi connectivity index (χ2v) is 9.58. The number of carboxylic acid groups (broad SMARTS) is 1. The molecule has 2 amide bonds. The molecule has 4 rings (SSSR count). The molecule has 2 aromatic carbocycles. The predicted octanol–water partition coefficient (Wildman–Crippen LogP) is 4.10. The molecule has 2 aromatic heterocycles. The van der Waals surface area contributed by atoms with E-state index in [9.17, 15) is 24.3 Å². The fraction of sp³-hybridized carbons (Fsp3) is 0.310. The minimum atomic E-state index is -1.14. The Morgan fingerprint density at radius 2 is 1.71 bits per heavy atom. The lowest BCUT2D eigenvalue weighted by atomic mass is 9.99. The Hall–Kier alpha value is -4.40. The van der Waals surface area contributed by atoms with E-state index in [0.29, 0.717) is 28.5 Å². The Kier molecular flexibility index (Phi) is 7.66. The van der Waals surface area contributed by atoms with Crippen molar-refractivity contribution >= 4 is 39.7 Å². The van der Waals surface area contributed by atoms with Gasteiger partial charge in [-0.1, -0.05) is 50.1 Å². The summed E-state index contributed by atoms with van der Waals surface area (Å²) in [5.74, 6) is -2.60. The lowest BCUT2D eigenvalue weighted by molar-refractivity contribution is -0.143. The number of fused-ring (bicyclic) bond motifs is 2. The summed E-state index contributed by atoms with van der Waals surface area (Å²) >= 11 is 0. The first-order chi connectivity index (χ1) is 18.1. The Balaban J connectivity index is 1.55. The van der Waals surface area contributed by atoms with Gasteiger partial charge >= 0.3 is 11.6 Å². The first kappa shape index (κ1) is 26.7. The van der Waals surface area contributed by atoms with Crippen LogP contribution in [0.4, 0.5) is 0 Å². The molecule has 0 unspecified atom stereocenters. The maximum atomic E-state index is 12.7. The highest BCUT2D eigenvalue weighted by Crippen LogP contribution is 2.34. The van der Waals surface area contributed by atoms with E-state index >= 15 is 0 Å². The van der Waals surface area contributed by atoms with Gasteiger partial charge in [-0.25, -0.2) is 9.59 Å². The van der Waals surface area contributed by atoms with Crippen molar-refractivity contribution in [1.82, 2.24) is 10.6 Å². The zero-order valence-corrected chi connectivity index (χ0v) is 21.7. The molecule has 0 bridgehead atoms. The van der Waals surface area contributed by atoms with Crippen molar-refractivity contribution in [2.24, 2.45) is 5.92 Å². The average Bonchev–Trinajstić information content (AvgIpc) is 3.30. The number of carbonyl (C=O) groups excluding carboxylic acids is 2. The van der Waals surface area contributed by atoms with Gasteiger partial charge in [0.1, 0.15) is 17.2 Å². The topological polar surface area (TPSA) is 139 Å². The molecule has 4 aromatic rings. The van der Waals surface area contributed by atoms with Crippen LogP contribution >= 0.6 is 0 Å². The zero-order valence-electron chi connectivity index (χ0n) is 21.7. The van der Waals surface area contributed by atoms with Gasteiger partial charge in [0.2, 0.25) is 11.8 Å². The number of aliphatic carboxylic acids is 1. The molecule has 2 heterocycles. The summed E-state index contributed by atoms with van der Waals surface area (Å²) in [6, 6.07) is 10.6. The first-order valence-corrected chi connectivity index (χ1v) is 12.4. The zero-order chi connectivity index (χ0) is 27.6. The molecule has 0 spiro atoms. The number of furan rings is 1. The minimum absolute atomic E-state index is 0.179. The molecule has 0 aliphatic rings. The van der Waals surface area contributed by atoms with Gasteiger partial charge in [0, 0.05) is 22.4 Å². The maximum Gasteiger partial charge on any atom is 0.340 e. The summed E-state index contributed by atoms with van der Waals surface area (Å²) < 4.78 is 11.3. The number of hydrogen-bond acceptors (Lipinski definition) is 6. The molecule has 2 atom stereocenters. The summed E-state index contributed by atoms with van der Waals surface area (Å²) in [5, 5.41) is 15.7. The largest absolute Gasteiger partial charge is 0.480 e. The van der Waals surface area contributed by atoms with Crippen LogP contribution in [0, 0.1) is 19.8 Å². The molecule has 9 nitrogen and oxygen atoms in total. The number of benzene rings is 2. The van der Waals surface area contributed by atoms with Crippen LogP contribution in [-0.2, 0) is 20.8 Å². The normalized spacial score (nSPS) is 12.8. The van der Waals surface area contributed by atoms with Crippen LogP contribution in [0.15, 0.2) is 56.3 Å². The molecular formula is C29H30N2O7. The molecule has 198 valence electrons. The number of carboxylic acids is 1. The van der Waals surface area contributed by atoms with Crippen molar-refractivity contribution in [3.8, 4) is 11.1 Å². The van der Waals surface area contributed by atoms with E-state index in [1.165, 1.54) is 0 Å². The second-order valence-electron chi connectivity index (χ2n) is 9.58. The van der Waals surface area contributed by atoms with E-state index in [1.54, 1.807) is 26.2 Å². The van der Waals surface area contributed by atoms with Gasteiger partial charge in [0.05, 0.1) is 24.8 Å². The Labute approximate surface area is 218 Å².